The molecule has 0 aliphatic carbocycles. The zero-order valence-corrected chi connectivity index (χ0v) is 15.9. The summed E-state index contributed by atoms with van der Waals surface area (Å²) in [6.45, 7) is -0.233. The van der Waals surface area contributed by atoms with Crippen molar-refractivity contribution in [3.05, 3.63) is 44.0 Å². The summed E-state index contributed by atoms with van der Waals surface area (Å²) in [5.74, 6) is -0.854. The molecule has 1 aromatic heterocycles. The number of carbonyl (C=O) groups excluding carboxylic acids is 1. The number of hydrogen-bond donors (Lipinski definition) is 0. The molecule has 7 nitrogen and oxygen atoms in total. The molecular formula is C14H11Cl2F3N4O3S. The molecule has 0 spiro atoms. The molecule has 27 heavy (non-hydrogen) atoms. The number of halogens is 5. The van der Waals surface area contributed by atoms with Crippen LogP contribution in [-0.2, 0) is 10.9 Å². The summed E-state index contributed by atoms with van der Waals surface area (Å²) in [6, 6.07) is 4.03. The monoisotopic (exact) mass is 442 g/mol. The molecular weight excluding hydrogens is 432 g/mol. The lowest BCUT2D eigenvalue weighted by atomic mass is 10.2. The zero-order chi connectivity index (χ0) is 20.0. The molecule has 0 radical (unpaired) electrons. The minimum absolute atomic E-state index is 0.0114. The number of rotatable bonds is 3. The Labute approximate surface area is 165 Å². The summed E-state index contributed by atoms with van der Waals surface area (Å²) >= 11 is 11.8. The van der Waals surface area contributed by atoms with E-state index in [2.05, 4.69) is 10.2 Å². The molecule has 0 amide bonds. The van der Waals surface area contributed by atoms with Crippen LogP contribution < -0.4 is 4.65 Å². The Bertz CT molecular complexity index is 882. The lowest BCUT2D eigenvalue weighted by molar-refractivity contribution is -0.138. The van der Waals surface area contributed by atoms with Crippen molar-refractivity contribution in [1.82, 2.24) is 19.7 Å². The third kappa shape index (κ3) is 4.03. The number of likely N-dealkylation sites (N-methyl/N-ethyl adjacent to an activating group) is 1. The van der Waals surface area contributed by atoms with Crippen molar-refractivity contribution in [2.75, 3.05) is 20.3 Å². The zero-order valence-electron chi connectivity index (χ0n) is 13.5. The average Bonchev–Trinajstić information content (AvgIpc) is 3.16. The molecule has 13 heteroatoms. The molecule has 0 saturated carbocycles. The number of alkyl halides is 3. The molecule has 1 aromatic carbocycles. The second kappa shape index (κ2) is 7.15. The smallest absolute Gasteiger partial charge is 0.445 e. The number of ether oxygens (including phenoxy) is 1. The van der Waals surface area contributed by atoms with Crippen LogP contribution in [0.4, 0.5) is 18.3 Å². The number of aromatic nitrogens is 2. The number of esters is 1. The molecule has 1 saturated heterocycles. The van der Waals surface area contributed by atoms with Gasteiger partial charge in [-0.25, -0.2) is 9.69 Å². The maximum atomic E-state index is 13.2. The van der Waals surface area contributed by atoms with Crippen molar-refractivity contribution in [3.8, 4) is 0 Å². The fraction of sp³-hybridized carbons (Fsp3) is 0.357. The van der Waals surface area contributed by atoms with E-state index in [1.165, 1.54) is 23.1 Å². The van der Waals surface area contributed by atoms with Gasteiger partial charge in [-0.15, -0.1) is 5.10 Å². The minimum Gasteiger partial charge on any atom is -0.622 e. The molecule has 2 atom stereocenters. The second-order valence-electron chi connectivity index (χ2n) is 5.85. The normalized spacial score (nSPS) is 23.6. The van der Waals surface area contributed by atoms with Crippen LogP contribution in [0.25, 0.3) is 0 Å². The van der Waals surface area contributed by atoms with Gasteiger partial charge in [-0.1, -0.05) is 28.3 Å². The van der Waals surface area contributed by atoms with Gasteiger partial charge in [0.05, 0.1) is 22.2 Å². The van der Waals surface area contributed by atoms with E-state index in [-0.39, 0.29) is 40.2 Å². The van der Waals surface area contributed by atoms with E-state index in [1.807, 2.05) is 0 Å². The van der Waals surface area contributed by atoms with Gasteiger partial charge in [0.1, 0.15) is 6.67 Å². The number of benzene rings is 1. The van der Waals surface area contributed by atoms with Crippen LogP contribution in [0.1, 0.15) is 15.4 Å². The Kier molecular flexibility index (Phi) is 5.36. The maximum Gasteiger partial charge on any atom is 0.445 e. The minimum atomic E-state index is -4.72. The number of nitrogens with zero attached hydrogens (tertiary/aromatic N) is 4. The topological polar surface area (TPSA) is 78.4 Å². The van der Waals surface area contributed by atoms with Crippen molar-refractivity contribution in [3.63, 3.8) is 0 Å². The van der Waals surface area contributed by atoms with Crippen molar-refractivity contribution in [1.29, 1.82) is 0 Å². The van der Waals surface area contributed by atoms with Crippen molar-refractivity contribution < 1.29 is 22.7 Å². The Hall–Kier alpha value is -1.50. The van der Waals surface area contributed by atoms with Gasteiger partial charge >= 0.3 is 17.3 Å². The summed E-state index contributed by atoms with van der Waals surface area (Å²) in [4.78, 5) is 13.9. The number of carbonyl (C=O) groups is 1. The SMILES string of the molecule is CN1CC(OC(=O)c2ccc(Cl)c(Cl)c2)[N+]([O-])(c2nnc(C(F)(F)F)s2)C1. The van der Waals surface area contributed by atoms with Crippen LogP contribution >= 0.6 is 34.5 Å². The molecule has 0 N–H and O–H groups in total. The number of hydroxylamine groups is 2. The fourth-order valence-corrected chi connectivity index (χ4v) is 3.59. The average molecular weight is 443 g/mol. The highest BCUT2D eigenvalue weighted by atomic mass is 35.5. The van der Waals surface area contributed by atoms with Gasteiger partial charge in [0.15, 0.2) is 0 Å². The van der Waals surface area contributed by atoms with Crippen molar-refractivity contribution in [2.24, 2.45) is 0 Å². The van der Waals surface area contributed by atoms with E-state index >= 15 is 0 Å². The highest BCUT2D eigenvalue weighted by molar-refractivity contribution is 7.15. The quantitative estimate of drug-likeness (QED) is 0.409. The van der Waals surface area contributed by atoms with Gasteiger partial charge in [0.2, 0.25) is 5.01 Å². The Morgan fingerprint density at radius 3 is 2.67 bits per heavy atom. The van der Waals surface area contributed by atoms with Gasteiger partial charge < -0.3 is 9.94 Å². The first-order chi connectivity index (χ1) is 12.5. The Balaban J connectivity index is 1.86. The molecule has 1 aliphatic heterocycles. The van der Waals surface area contributed by atoms with Crippen LogP contribution in [0.3, 0.4) is 0 Å². The van der Waals surface area contributed by atoms with E-state index in [1.54, 1.807) is 7.05 Å². The van der Waals surface area contributed by atoms with Gasteiger partial charge in [-0.05, 0) is 36.6 Å². The fourth-order valence-electron chi connectivity index (χ4n) is 2.51. The third-order valence-electron chi connectivity index (χ3n) is 3.76. The van der Waals surface area contributed by atoms with E-state index in [0.717, 1.165) is 0 Å². The standard InChI is InChI=1S/C14H11Cl2F3N4O3S/c1-22-5-10(26-11(24)7-2-3-8(15)9(16)4-7)23(25,6-22)13-21-20-12(27-13)14(17,18)19/h2-4,10H,5-6H2,1H3. The van der Waals surface area contributed by atoms with Gasteiger partial charge in [0, 0.05) is 0 Å². The predicted molar refractivity (Wildman–Crippen MR) is 93.2 cm³/mol. The second-order valence-corrected chi connectivity index (χ2v) is 7.62. The molecule has 1 fully saturated rings. The van der Waals surface area contributed by atoms with E-state index in [0.29, 0.717) is 0 Å². The Morgan fingerprint density at radius 2 is 2.07 bits per heavy atom. The molecule has 1 aliphatic rings. The van der Waals surface area contributed by atoms with E-state index in [4.69, 9.17) is 27.9 Å². The van der Waals surface area contributed by atoms with Gasteiger partial charge in [-0.3, -0.25) is 4.65 Å². The molecule has 3 rings (SSSR count). The first-order valence-electron chi connectivity index (χ1n) is 7.35. The summed E-state index contributed by atoms with van der Waals surface area (Å²) in [7, 11) is 1.57. The molecule has 2 unspecified atom stereocenters. The van der Waals surface area contributed by atoms with Crippen LogP contribution in [0.5, 0.6) is 0 Å². The first kappa shape index (κ1) is 20.2. The molecule has 2 aromatic rings. The predicted octanol–water partition coefficient (Wildman–Crippen LogP) is 3.75. The highest BCUT2D eigenvalue weighted by Gasteiger charge is 2.47. The van der Waals surface area contributed by atoms with Crippen LogP contribution in [0.15, 0.2) is 18.2 Å². The lowest BCUT2D eigenvalue weighted by Gasteiger charge is -2.38. The van der Waals surface area contributed by atoms with Crippen molar-refractivity contribution >= 4 is 45.6 Å². The van der Waals surface area contributed by atoms with Crippen molar-refractivity contribution in [2.45, 2.75) is 12.4 Å². The lowest BCUT2D eigenvalue weighted by Crippen LogP contribution is -2.50. The van der Waals surface area contributed by atoms with E-state index < -0.39 is 33.2 Å². The number of hydrogen-bond acceptors (Lipinski definition) is 7. The van der Waals surface area contributed by atoms with Gasteiger partial charge in [-0.2, -0.15) is 13.2 Å². The molecule has 146 valence electrons. The molecule has 2 heterocycles. The van der Waals surface area contributed by atoms with Crippen LogP contribution in [0, 0.1) is 5.21 Å². The summed E-state index contributed by atoms with van der Waals surface area (Å²) in [6.07, 6.45) is -6.03. The third-order valence-corrected chi connectivity index (χ3v) is 5.58. The summed E-state index contributed by atoms with van der Waals surface area (Å²) in [5, 5.41) is 18.3. The summed E-state index contributed by atoms with van der Waals surface area (Å²) < 4.78 is 42.2. The van der Waals surface area contributed by atoms with Crippen LogP contribution in [0.2, 0.25) is 10.0 Å². The maximum absolute atomic E-state index is 13.2. The van der Waals surface area contributed by atoms with Gasteiger partial charge in [0.25, 0.3) is 6.23 Å². The summed E-state index contributed by atoms with van der Waals surface area (Å²) in [5.41, 5.74) is 0.0544. The van der Waals surface area contributed by atoms with E-state index in [9.17, 15) is 23.2 Å². The largest absolute Gasteiger partial charge is 0.622 e. The highest BCUT2D eigenvalue weighted by Crippen LogP contribution is 2.39. The first-order valence-corrected chi connectivity index (χ1v) is 8.92. The number of quaternary nitrogens is 1. The molecule has 0 bridgehead atoms. The van der Waals surface area contributed by atoms with Crippen LogP contribution in [-0.4, -0.2) is 47.6 Å². The Morgan fingerprint density at radius 1 is 1.37 bits per heavy atom.